The van der Waals surface area contributed by atoms with E-state index in [4.69, 9.17) is 5.11 Å². The molecule has 2 unspecified atom stereocenters. The number of benzene rings is 1. The molecule has 0 aliphatic carbocycles. The van der Waals surface area contributed by atoms with Crippen LogP contribution in [0.2, 0.25) is 0 Å². The number of carboxylic acid groups (broad SMARTS) is 1. The van der Waals surface area contributed by atoms with Crippen LogP contribution in [0.5, 0.6) is 0 Å². The predicted octanol–water partition coefficient (Wildman–Crippen LogP) is 2.84. The Bertz CT molecular complexity index is 532. The maximum atomic E-state index is 11.1. The zero-order chi connectivity index (χ0) is 15.4. The van der Waals surface area contributed by atoms with Crippen LogP contribution < -0.4 is 0 Å². The van der Waals surface area contributed by atoms with Gasteiger partial charge in [0.25, 0.3) is 5.69 Å². The Hall–Kier alpha value is -1.95. The number of carbonyl (C=O) groups is 1. The lowest BCUT2D eigenvalue weighted by Crippen LogP contribution is -2.25. The largest absolute Gasteiger partial charge is 0.481 e. The molecular weight excluding hydrogens is 272 g/mol. The molecule has 0 saturated carbocycles. The molecule has 0 amide bonds. The molecular formula is C15H20N2O4. The molecule has 1 heterocycles. The number of aliphatic carboxylic acids is 1. The summed E-state index contributed by atoms with van der Waals surface area (Å²) in [6, 6.07) is 6.79. The van der Waals surface area contributed by atoms with Crippen molar-refractivity contribution in [1.82, 2.24) is 4.90 Å². The molecule has 0 spiro atoms. The third-order valence-electron chi connectivity index (χ3n) is 4.21. The Morgan fingerprint density at radius 2 is 2.24 bits per heavy atom. The highest BCUT2D eigenvalue weighted by molar-refractivity contribution is 5.66. The second kappa shape index (κ2) is 6.67. The van der Waals surface area contributed by atoms with E-state index in [-0.39, 0.29) is 23.1 Å². The van der Waals surface area contributed by atoms with Crippen LogP contribution in [0.3, 0.4) is 0 Å². The number of hydrogen-bond acceptors (Lipinski definition) is 4. The van der Waals surface area contributed by atoms with E-state index in [0.29, 0.717) is 12.3 Å². The summed E-state index contributed by atoms with van der Waals surface area (Å²) >= 11 is 0. The van der Waals surface area contributed by atoms with Crippen molar-refractivity contribution in [2.45, 2.75) is 32.2 Å². The highest BCUT2D eigenvalue weighted by Gasteiger charge is 2.29. The molecule has 2 rings (SSSR count). The molecule has 1 N–H and O–H groups in total. The topological polar surface area (TPSA) is 83.7 Å². The van der Waals surface area contributed by atoms with Crippen LogP contribution in [0, 0.1) is 16.0 Å². The first kappa shape index (κ1) is 15.4. The van der Waals surface area contributed by atoms with E-state index in [1.54, 1.807) is 12.1 Å². The summed E-state index contributed by atoms with van der Waals surface area (Å²) in [6.45, 7) is 3.64. The van der Waals surface area contributed by atoms with Crippen LogP contribution in [-0.2, 0) is 4.79 Å². The zero-order valence-electron chi connectivity index (χ0n) is 12.1. The summed E-state index contributed by atoms with van der Waals surface area (Å²) in [5.74, 6) is -0.397. The highest BCUT2D eigenvalue weighted by Crippen LogP contribution is 2.33. The van der Waals surface area contributed by atoms with E-state index in [1.807, 2.05) is 13.0 Å². The Morgan fingerprint density at radius 3 is 2.90 bits per heavy atom. The molecule has 1 saturated heterocycles. The number of nitrogens with zero attached hydrogens (tertiary/aromatic N) is 2. The number of rotatable bonds is 6. The van der Waals surface area contributed by atoms with Crippen LogP contribution in [0.15, 0.2) is 24.3 Å². The highest BCUT2D eigenvalue weighted by atomic mass is 16.6. The second-order valence-corrected chi connectivity index (χ2v) is 5.57. The number of carboxylic acids is 1. The smallest absolute Gasteiger partial charge is 0.303 e. The van der Waals surface area contributed by atoms with Crippen molar-refractivity contribution < 1.29 is 14.8 Å². The molecule has 6 heteroatoms. The van der Waals surface area contributed by atoms with Gasteiger partial charge in [-0.2, -0.15) is 0 Å². The molecule has 1 aliphatic rings. The van der Waals surface area contributed by atoms with E-state index in [9.17, 15) is 14.9 Å². The minimum atomic E-state index is -0.764. The van der Waals surface area contributed by atoms with Gasteiger partial charge in [-0.05, 0) is 32.2 Å². The van der Waals surface area contributed by atoms with Gasteiger partial charge < -0.3 is 5.11 Å². The minimum absolute atomic E-state index is 0.0265. The van der Waals surface area contributed by atoms with Gasteiger partial charge in [0, 0.05) is 30.6 Å². The van der Waals surface area contributed by atoms with E-state index in [1.165, 1.54) is 6.07 Å². The molecule has 1 fully saturated rings. The van der Waals surface area contributed by atoms with Crippen molar-refractivity contribution in [1.29, 1.82) is 0 Å². The fourth-order valence-electron chi connectivity index (χ4n) is 2.98. The number of nitro benzene ring substituents is 1. The third-order valence-corrected chi connectivity index (χ3v) is 4.21. The average molecular weight is 292 g/mol. The molecule has 21 heavy (non-hydrogen) atoms. The first-order valence-corrected chi connectivity index (χ1v) is 7.18. The Balaban J connectivity index is 2.03. The zero-order valence-corrected chi connectivity index (χ0v) is 12.1. The van der Waals surface area contributed by atoms with Crippen LogP contribution in [-0.4, -0.2) is 34.0 Å². The number of hydrogen-bond donors (Lipinski definition) is 1. The first-order chi connectivity index (χ1) is 9.99. The summed E-state index contributed by atoms with van der Waals surface area (Å²) in [6.07, 6.45) is 1.83. The molecule has 0 radical (unpaired) electrons. The SMILES string of the molecule is CC(c1ccccc1[N+](=O)[O-])N1CCC(CCC(=O)O)C1. The van der Waals surface area contributed by atoms with Gasteiger partial charge in [-0.3, -0.25) is 19.8 Å². The molecule has 1 aromatic carbocycles. The van der Waals surface area contributed by atoms with Crippen molar-refractivity contribution >= 4 is 11.7 Å². The summed E-state index contributed by atoms with van der Waals surface area (Å²) in [5, 5.41) is 19.8. The fraction of sp³-hybridized carbons (Fsp3) is 0.533. The molecule has 1 aromatic rings. The molecule has 1 aliphatic heterocycles. The second-order valence-electron chi connectivity index (χ2n) is 5.57. The quantitative estimate of drug-likeness (QED) is 0.644. The minimum Gasteiger partial charge on any atom is -0.481 e. The lowest BCUT2D eigenvalue weighted by molar-refractivity contribution is -0.385. The average Bonchev–Trinajstić information content (AvgIpc) is 2.93. The monoisotopic (exact) mass is 292 g/mol. The van der Waals surface area contributed by atoms with Crippen LogP contribution in [0.1, 0.15) is 37.8 Å². The summed E-state index contributed by atoms with van der Waals surface area (Å²) < 4.78 is 0. The lowest BCUT2D eigenvalue weighted by Gasteiger charge is -2.24. The van der Waals surface area contributed by atoms with Gasteiger partial charge in [-0.15, -0.1) is 0 Å². The fourth-order valence-corrected chi connectivity index (χ4v) is 2.98. The van der Waals surface area contributed by atoms with Crippen molar-refractivity contribution in [2.75, 3.05) is 13.1 Å². The van der Waals surface area contributed by atoms with E-state index in [0.717, 1.165) is 25.1 Å². The van der Waals surface area contributed by atoms with Gasteiger partial charge in [0.05, 0.1) is 4.92 Å². The van der Waals surface area contributed by atoms with Crippen LogP contribution >= 0.6 is 0 Å². The molecule has 114 valence electrons. The van der Waals surface area contributed by atoms with Gasteiger partial charge in [0.2, 0.25) is 0 Å². The molecule has 0 aromatic heterocycles. The van der Waals surface area contributed by atoms with Crippen molar-refractivity contribution in [3.05, 3.63) is 39.9 Å². The summed E-state index contributed by atoms with van der Waals surface area (Å²) in [4.78, 5) is 23.6. The van der Waals surface area contributed by atoms with E-state index in [2.05, 4.69) is 4.90 Å². The van der Waals surface area contributed by atoms with Gasteiger partial charge >= 0.3 is 5.97 Å². The summed E-state index contributed by atoms with van der Waals surface area (Å²) in [5.41, 5.74) is 0.875. The molecule has 0 bridgehead atoms. The van der Waals surface area contributed by atoms with Crippen molar-refractivity contribution in [2.24, 2.45) is 5.92 Å². The first-order valence-electron chi connectivity index (χ1n) is 7.18. The Kier molecular flexibility index (Phi) is 4.90. The van der Waals surface area contributed by atoms with E-state index >= 15 is 0 Å². The normalized spacial score (nSPS) is 20.3. The maximum absolute atomic E-state index is 11.1. The van der Waals surface area contributed by atoms with Crippen LogP contribution in [0.25, 0.3) is 0 Å². The summed E-state index contributed by atoms with van der Waals surface area (Å²) in [7, 11) is 0. The van der Waals surface area contributed by atoms with Gasteiger partial charge in [0.1, 0.15) is 0 Å². The van der Waals surface area contributed by atoms with E-state index < -0.39 is 5.97 Å². The maximum Gasteiger partial charge on any atom is 0.303 e. The molecule has 2 atom stereocenters. The Morgan fingerprint density at radius 1 is 1.52 bits per heavy atom. The van der Waals surface area contributed by atoms with Crippen molar-refractivity contribution in [3.63, 3.8) is 0 Å². The van der Waals surface area contributed by atoms with Crippen molar-refractivity contribution in [3.8, 4) is 0 Å². The number of para-hydroxylation sites is 1. The predicted molar refractivity (Wildman–Crippen MR) is 78.1 cm³/mol. The number of likely N-dealkylation sites (tertiary alicyclic amines) is 1. The number of nitro groups is 1. The van der Waals surface area contributed by atoms with Gasteiger partial charge in [-0.25, -0.2) is 0 Å². The van der Waals surface area contributed by atoms with Crippen LogP contribution in [0.4, 0.5) is 5.69 Å². The van der Waals surface area contributed by atoms with Gasteiger partial charge in [0.15, 0.2) is 0 Å². The van der Waals surface area contributed by atoms with Gasteiger partial charge in [-0.1, -0.05) is 18.2 Å². The Labute approximate surface area is 123 Å². The molecule has 6 nitrogen and oxygen atoms in total. The third kappa shape index (κ3) is 3.78. The lowest BCUT2D eigenvalue weighted by atomic mass is 10.0. The standard InChI is InChI=1S/C15H20N2O4/c1-11(13-4-2-3-5-14(13)17(20)21)16-9-8-12(10-16)6-7-15(18)19/h2-5,11-12H,6-10H2,1H3,(H,18,19).